The summed E-state index contributed by atoms with van der Waals surface area (Å²) in [5, 5.41) is 20.0. The third-order valence-corrected chi connectivity index (χ3v) is 4.76. The smallest absolute Gasteiger partial charge is 0.221 e. The molecule has 0 bridgehead atoms. The molecule has 1 aromatic carbocycles. The van der Waals surface area contributed by atoms with E-state index < -0.39 is 23.8 Å². The number of benzene rings is 1. The van der Waals surface area contributed by atoms with Crippen molar-refractivity contribution in [1.82, 2.24) is 4.98 Å². The fourth-order valence-electron chi connectivity index (χ4n) is 3.21. The Bertz CT molecular complexity index is 938. The van der Waals surface area contributed by atoms with Crippen LogP contribution in [0.2, 0.25) is 0 Å². The van der Waals surface area contributed by atoms with E-state index in [9.17, 15) is 19.8 Å². The van der Waals surface area contributed by atoms with E-state index in [2.05, 4.69) is 4.98 Å². The van der Waals surface area contributed by atoms with E-state index in [0.29, 0.717) is 23.3 Å². The van der Waals surface area contributed by atoms with E-state index in [1.165, 1.54) is 18.2 Å². The molecule has 0 saturated heterocycles. The largest absolute Gasteiger partial charge is 0.508 e. The summed E-state index contributed by atoms with van der Waals surface area (Å²) in [5.74, 6) is -0.982. The first-order chi connectivity index (χ1) is 13.9. The molecule has 2 N–H and O–H groups in total. The molecule has 1 aromatic heterocycles. The molecule has 0 fully saturated rings. The molecule has 2 unspecified atom stereocenters. The zero-order valence-electron chi connectivity index (χ0n) is 16.3. The van der Waals surface area contributed by atoms with Crippen LogP contribution in [0.5, 0.6) is 17.2 Å². The van der Waals surface area contributed by atoms with Gasteiger partial charge in [0.1, 0.15) is 29.5 Å². The van der Waals surface area contributed by atoms with Crippen LogP contribution in [0.3, 0.4) is 0 Å². The highest BCUT2D eigenvalue weighted by molar-refractivity contribution is 6.41. The van der Waals surface area contributed by atoms with E-state index in [4.69, 9.17) is 9.47 Å². The van der Waals surface area contributed by atoms with Gasteiger partial charge in [-0.25, -0.2) is 0 Å². The molecule has 0 aliphatic carbocycles. The van der Waals surface area contributed by atoms with Crippen molar-refractivity contribution < 1.29 is 29.3 Å². The van der Waals surface area contributed by atoms with Crippen molar-refractivity contribution in [2.75, 3.05) is 0 Å². The Hall–Kier alpha value is -3.19. The number of hydrogen-bond acceptors (Lipinski definition) is 7. The van der Waals surface area contributed by atoms with Gasteiger partial charge in [0, 0.05) is 42.9 Å². The molecule has 2 atom stereocenters. The van der Waals surface area contributed by atoms with E-state index in [1.54, 1.807) is 32.3 Å². The van der Waals surface area contributed by atoms with Crippen LogP contribution >= 0.6 is 0 Å². The van der Waals surface area contributed by atoms with Gasteiger partial charge in [-0.3, -0.25) is 14.6 Å². The number of allylic oxidation sites excluding steroid dienone is 1. The fourth-order valence-corrected chi connectivity index (χ4v) is 3.21. The van der Waals surface area contributed by atoms with E-state index >= 15 is 0 Å². The van der Waals surface area contributed by atoms with Gasteiger partial charge in [-0.15, -0.1) is 0 Å². The summed E-state index contributed by atoms with van der Waals surface area (Å²) in [6.07, 6.45) is 3.89. The molecule has 3 rings (SSSR count). The highest BCUT2D eigenvalue weighted by Crippen LogP contribution is 2.40. The number of hydrogen-bond donors (Lipinski definition) is 2. The molecule has 152 valence electrons. The lowest BCUT2D eigenvalue weighted by atomic mass is 9.93. The number of pyridine rings is 1. The Morgan fingerprint density at radius 3 is 2.83 bits per heavy atom. The second kappa shape index (κ2) is 8.87. The van der Waals surface area contributed by atoms with Crippen LogP contribution in [-0.4, -0.2) is 39.0 Å². The van der Waals surface area contributed by atoms with Crippen molar-refractivity contribution >= 4 is 11.6 Å². The van der Waals surface area contributed by atoms with Crippen molar-refractivity contribution in [2.45, 2.75) is 45.5 Å². The third kappa shape index (κ3) is 4.81. The van der Waals surface area contributed by atoms with Gasteiger partial charge in [0.25, 0.3) is 0 Å². The van der Waals surface area contributed by atoms with Gasteiger partial charge in [0.05, 0.1) is 6.61 Å². The number of aromatic hydroxyl groups is 2. The maximum atomic E-state index is 12.1. The van der Waals surface area contributed by atoms with Gasteiger partial charge < -0.3 is 19.7 Å². The summed E-state index contributed by atoms with van der Waals surface area (Å²) in [4.78, 5) is 27.8. The number of fused-ring (bicyclic) bond motifs is 1. The number of ether oxygens (including phenoxy) is 2. The second-order valence-electron chi connectivity index (χ2n) is 6.92. The number of rotatable bonds is 7. The first-order valence-corrected chi connectivity index (χ1v) is 9.36. The Labute approximate surface area is 168 Å². The number of ketones is 2. The first kappa shape index (κ1) is 20.5. The minimum atomic E-state index is -0.658. The number of aromatic nitrogens is 1. The zero-order valence-corrected chi connectivity index (χ0v) is 16.3. The maximum Gasteiger partial charge on any atom is 0.221 e. The normalized spacial score (nSPS) is 18.6. The molecule has 7 nitrogen and oxygen atoms in total. The van der Waals surface area contributed by atoms with Crippen LogP contribution in [0.25, 0.3) is 0 Å². The summed E-state index contributed by atoms with van der Waals surface area (Å²) in [6.45, 7) is 3.59. The van der Waals surface area contributed by atoms with Crippen molar-refractivity contribution in [3.05, 3.63) is 59.4 Å². The summed E-state index contributed by atoms with van der Waals surface area (Å²) in [6, 6.07) is 6.33. The van der Waals surface area contributed by atoms with Crippen LogP contribution in [0, 0.1) is 0 Å². The van der Waals surface area contributed by atoms with E-state index in [0.717, 1.165) is 5.56 Å². The summed E-state index contributed by atoms with van der Waals surface area (Å²) in [7, 11) is 0. The van der Waals surface area contributed by atoms with Gasteiger partial charge in [-0.1, -0.05) is 13.0 Å². The van der Waals surface area contributed by atoms with Crippen molar-refractivity contribution in [2.24, 2.45) is 0 Å². The van der Waals surface area contributed by atoms with Crippen LogP contribution in [0.15, 0.2) is 48.3 Å². The highest BCUT2D eigenvalue weighted by Gasteiger charge is 2.34. The third-order valence-electron chi connectivity index (χ3n) is 4.76. The van der Waals surface area contributed by atoms with Gasteiger partial charge in [-0.2, -0.15) is 0 Å². The number of carbonyl (C=O) groups is 2. The molecule has 0 spiro atoms. The molecule has 29 heavy (non-hydrogen) atoms. The number of phenols is 2. The average molecular weight is 397 g/mol. The Morgan fingerprint density at radius 1 is 1.34 bits per heavy atom. The minimum absolute atomic E-state index is 0.0905. The molecule has 2 heterocycles. The molecular weight excluding hydrogens is 374 g/mol. The number of nitrogens with zero attached hydrogens (tertiary/aromatic N) is 1. The molecule has 1 aliphatic rings. The predicted molar refractivity (Wildman–Crippen MR) is 105 cm³/mol. The monoisotopic (exact) mass is 397 g/mol. The molecule has 2 aromatic rings. The lowest BCUT2D eigenvalue weighted by molar-refractivity contribution is -0.133. The van der Waals surface area contributed by atoms with Crippen LogP contribution in [0.4, 0.5) is 0 Å². The van der Waals surface area contributed by atoms with Crippen LogP contribution < -0.4 is 4.74 Å². The number of carbonyl (C=O) groups excluding carboxylic acids is 2. The minimum Gasteiger partial charge on any atom is -0.508 e. The van der Waals surface area contributed by atoms with Crippen molar-refractivity contribution in [1.29, 1.82) is 0 Å². The topological polar surface area (TPSA) is 106 Å². The highest BCUT2D eigenvalue weighted by atomic mass is 16.5. The quantitative estimate of drug-likeness (QED) is 0.546. The number of Topliss-reactive ketones (excluding diaryl/α,β-unsaturated/α-hetero) is 1. The van der Waals surface area contributed by atoms with Gasteiger partial charge in [0.2, 0.25) is 11.6 Å². The Morgan fingerprint density at radius 2 is 2.14 bits per heavy atom. The Kier molecular flexibility index (Phi) is 6.29. The molecule has 0 amide bonds. The lowest BCUT2D eigenvalue weighted by Gasteiger charge is -2.34. The van der Waals surface area contributed by atoms with E-state index in [-0.39, 0.29) is 24.5 Å². The molecular formula is C22H23NO6. The van der Waals surface area contributed by atoms with Crippen molar-refractivity contribution in [3.8, 4) is 17.2 Å². The van der Waals surface area contributed by atoms with Crippen molar-refractivity contribution in [3.63, 3.8) is 0 Å². The van der Waals surface area contributed by atoms with Crippen LogP contribution in [0.1, 0.15) is 31.4 Å². The number of phenolic OH excluding ortho intramolecular Hbond substituents is 2. The zero-order chi connectivity index (χ0) is 21.0. The Balaban J connectivity index is 1.89. The SMILES string of the molecule is CCC(=O)C(=O)/C=C(\C)C1Oc2cc(O)cc(O)c2CC1OCc1cccnc1. The lowest BCUT2D eigenvalue weighted by Crippen LogP contribution is -2.40. The summed E-state index contributed by atoms with van der Waals surface area (Å²) >= 11 is 0. The molecule has 0 radical (unpaired) electrons. The summed E-state index contributed by atoms with van der Waals surface area (Å²) in [5.41, 5.74) is 1.91. The molecule has 7 heteroatoms. The van der Waals surface area contributed by atoms with Gasteiger partial charge >= 0.3 is 0 Å². The molecule has 0 saturated carbocycles. The van der Waals surface area contributed by atoms with Gasteiger partial charge in [-0.05, 0) is 30.2 Å². The predicted octanol–water partition coefficient (Wildman–Crippen LogP) is 2.88. The van der Waals surface area contributed by atoms with Gasteiger partial charge in [0.15, 0.2) is 0 Å². The van der Waals surface area contributed by atoms with E-state index in [1.807, 2.05) is 6.07 Å². The second-order valence-corrected chi connectivity index (χ2v) is 6.92. The summed E-state index contributed by atoms with van der Waals surface area (Å²) < 4.78 is 12.0. The van der Waals surface area contributed by atoms with Crippen LogP contribution in [-0.2, 0) is 27.4 Å². The maximum absolute atomic E-state index is 12.1. The first-order valence-electron chi connectivity index (χ1n) is 9.36. The molecule has 1 aliphatic heterocycles. The average Bonchev–Trinajstić information content (AvgIpc) is 2.71. The fraction of sp³-hybridized carbons (Fsp3) is 0.318. The standard InChI is InChI=1S/C22H23NO6/c1-3-17(25)19(27)7-13(2)22-21(28-12-14-5-4-6-23-11-14)10-16-18(26)8-15(24)9-20(16)29-22/h4-9,11,21-22,24,26H,3,10,12H2,1-2H3/b13-7+.